The molecule has 0 amide bonds. The molecule has 0 spiro atoms. The molecule has 1 aromatic rings. The molecule has 1 aliphatic heterocycles. The van der Waals surface area contributed by atoms with Gasteiger partial charge in [-0.25, -0.2) is 4.99 Å². The van der Waals surface area contributed by atoms with Gasteiger partial charge in [0.2, 0.25) is 0 Å². The third-order valence-corrected chi connectivity index (χ3v) is 4.45. The lowest BCUT2D eigenvalue weighted by molar-refractivity contribution is -0.137. The third-order valence-electron chi connectivity index (χ3n) is 4.45. The van der Waals surface area contributed by atoms with Gasteiger partial charge in [-0.05, 0) is 30.4 Å². The van der Waals surface area contributed by atoms with E-state index >= 15 is 0 Å². The first-order chi connectivity index (χ1) is 10.9. The molecule has 0 unspecified atom stereocenters. The Morgan fingerprint density at radius 1 is 1.22 bits per heavy atom. The van der Waals surface area contributed by atoms with Crippen molar-refractivity contribution < 1.29 is 17.9 Å². The molecular formula is C16H20F3N3O. The second kappa shape index (κ2) is 6.39. The highest BCUT2D eigenvalue weighted by Gasteiger charge is 2.34. The third kappa shape index (κ3) is 3.77. The van der Waals surface area contributed by atoms with Gasteiger partial charge in [-0.3, -0.25) is 0 Å². The summed E-state index contributed by atoms with van der Waals surface area (Å²) in [6, 6.07) is 5.67. The van der Waals surface area contributed by atoms with Crippen LogP contribution in [0.1, 0.15) is 29.9 Å². The predicted octanol–water partition coefficient (Wildman–Crippen LogP) is 2.60. The number of nitrogens with zero attached hydrogens (tertiary/aromatic N) is 2. The number of morpholine rings is 1. The molecule has 1 saturated carbocycles. The monoisotopic (exact) mass is 327 g/mol. The zero-order valence-electron chi connectivity index (χ0n) is 12.7. The molecule has 0 aromatic heterocycles. The Balaban J connectivity index is 1.58. The van der Waals surface area contributed by atoms with Crippen LogP contribution in [0, 0.1) is 0 Å². The number of guanidine groups is 1. The summed E-state index contributed by atoms with van der Waals surface area (Å²) in [5, 5.41) is 0. The lowest BCUT2D eigenvalue weighted by atomic mass is 9.76. The van der Waals surface area contributed by atoms with Crippen molar-refractivity contribution in [3.05, 3.63) is 35.4 Å². The number of aliphatic imine (C=N–C) groups is 1. The summed E-state index contributed by atoms with van der Waals surface area (Å²) in [6.45, 7) is 2.76. The van der Waals surface area contributed by atoms with Crippen LogP contribution in [-0.2, 0) is 10.9 Å². The number of nitrogens with two attached hydrogens (primary N) is 1. The first-order valence-electron chi connectivity index (χ1n) is 7.76. The van der Waals surface area contributed by atoms with Gasteiger partial charge in [-0.1, -0.05) is 18.2 Å². The van der Waals surface area contributed by atoms with Crippen LogP contribution in [0.3, 0.4) is 0 Å². The lowest BCUT2D eigenvalue weighted by Crippen LogP contribution is -2.46. The number of rotatable bonds is 2. The number of ether oxygens (including phenoxy) is 1. The normalized spacial score (nSPS) is 26.0. The molecule has 0 bridgehead atoms. The summed E-state index contributed by atoms with van der Waals surface area (Å²) < 4.78 is 43.5. The van der Waals surface area contributed by atoms with Gasteiger partial charge < -0.3 is 15.4 Å². The number of halogens is 3. The molecule has 1 aliphatic carbocycles. The van der Waals surface area contributed by atoms with Crippen molar-refractivity contribution >= 4 is 5.96 Å². The molecule has 126 valence electrons. The van der Waals surface area contributed by atoms with E-state index in [1.165, 1.54) is 12.1 Å². The van der Waals surface area contributed by atoms with Crippen LogP contribution >= 0.6 is 0 Å². The van der Waals surface area contributed by atoms with Crippen LogP contribution in [-0.4, -0.2) is 43.2 Å². The van der Waals surface area contributed by atoms with E-state index in [0.717, 1.165) is 37.6 Å². The Hall–Kier alpha value is -1.76. The fraction of sp³-hybridized carbons (Fsp3) is 0.562. The Morgan fingerprint density at radius 2 is 1.91 bits per heavy atom. The number of alkyl halides is 3. The van der Waals surface area contributed by atoms with Crippen molar-refractivity contribution in [1.29, 1.82) is 0 Å². The predicted molar refractivity (Wildman–Crippen MR) is 81.2 cm³/mol. The maximum Gasteiger partial charge on any atom is 0.416 e. The maximum atomic E-state index is 12.8. The van der Waals surface area contributed by atoms with Crippen molar-refractivity contribution in [3.8, 4) is 0 Å². The molecule has 23 heavy (non-hydrogen) atoms. The average molecular weight is 327 g/mol. The summed E-state index contributed by atoms with van der Waals surface area (Å²) in [7, 11) is 0. The van der Waals surface area contributed by atoms with Gasteiger partial charge in [0.25, 0.3) is 0 Å². The quantitative estimate of drug-likeness (QED) is 0.671. The van der Waals surface area contributed by atoms with E-state index in [0.29, 0.717) is 19.2 Å². The summed E-state index contributed by atoms with van der Waals surface area (Å²) >= 11 is 0. The Kier molecular flexibility index (Phi) is 4.48. The molecule has 2 aliphatic rings. The number of hydrogen-bond donors (Lipinski definition) is 1. The SMILES string of the molecule is NC(=NC1CC(c2cccc(C(F)(F)F)c2)C1)N1CCOCC1. The van der Waals surface area contributed by atoms with Crippen molar-refractivity contribution in [2.75, 3.05) is 26.3 Å². The number of benzene rings is 1. The highest BCUT2D eigenvalue weighted by Crippen LogP contribution is 2.40. The first-order valence-corrected chi connectivity index (χ1v) is 7.76. The van der Waals surface area contributed by atoms with Crippen LogP contribution in [0.5, 0.6) is 0 Å². The van der Waals surface area contributed by atoms with Gasteiger partial charge >= 0.3 is 6.18 Å². The van der Waals surface area contributed by atoms with E-state index in [2.05, 4.69) is 4.99 Å². The minimum absolute atomic E-state index is 0.0948. The molecule has 2 N–H and O–H groups in total. The summed E-state index contributed by atoms with van der Waals surface area (Å²) in [6.07, 6.45) is -2.81. The fourth-order valence-electron chi connectivity index (χ4n) is 3.00. The topological polar surface area (TPSA) is 50.8 Å². The van der Waals surface area contributed by atoms with Gasteiger partial charge in [0, 0.05) is 13.1 Å². The second-order valence-corrected chi connectivity index (χ2v) is 6.03. The van der Waals surface area contributed by atoms with E-state index in [-0.39, 0.29) is 12.0 Å². The van der Waals surface area contributed by atoms with Gasteiger partial charge in [0.1, 0.15) is 0 Å². The van der Waals surface area contributed by atoms with E-state index in [9.17, 15) is 13.2 Å². The van der Waals surface area contributed by atoms with Crippen LogP contribution in [0.25, 0.3) is 0 Å². The van der Waals surface area contributed by atoms with Crippen molar-refractivity contribution in [2.24, 2.45) is 10.7 Å². The average Bonchev–Trinajstić information content (AvgIpc) is 2.50. The molecule has 4 nitrogen and oxygen atoms in total. The Morgan fingerprint density at radius 3 is 2.57 bits per heavy atom. The maximum absolute atomic E-state index is 12.8. The minimum atomic E-state index is -4.29. The lowest BCUT2D eigenvalue weighted by Gasteiger charge is -2.35. The van der Waals surface area contributed by atoms with Crippen LogP contribution < -0.4 is 5.73 Å². The van der Waals surface area contributed by atoms with E-state index < -0.39 is 11.7 Å². The fourth-order valence-corrected chi connectivity index (χ4v) is 3.00. The zero-order valence-corrected chi connectivity index (χ0v) is 12.7. The molecule has 2 fully saturated rings. The van der Waals surface area contributed by atoms with Crippen LogP contribution in [0.4, 0.5) is 13.2 Å². The molecule has 3 rings (SSSR count). The molecule has 1 aromatic carbocycles. The van der Waals surface area contributed by atoms with Crippen LogP contribution in [0.15, 0.2) is 29.3 Å². The molecule has 1 heterocycles. The van der Waals surface area contributed by atoms with Gasteiger partial charge in [-0.15, -0.1) is 0 Å². The van der Waals surface area contributed by atoms with E-state index in [1.54, 1.807) is 6.07 Å². The summed E-state index contributed by atoms with van der Waals surface area (Å²) in [5.74, 6) is 0.643. The Bertz CT molecular complexity index is 576. The van der Waals surface area contributed by atoms with E-state index in [4.69, 9.17) is 10.5 Å². The largest absolute Gasteiger partial charge is 0.416 e. The molecular weight excluding hydrogens is 307 g/mol. The highest BCUT2D eigenvalue weighted by molar-refractivity contribution is 5.78. The van der Waals surface area contributed by atoms with E-state index in [1.807, 2.05) is 4.90 Å². The number of hydrogen-bond acceptors (Lipinski definition) is 2. The smallest absolute Gasteiger partial charge is 0.378 e. The highest BCUT2D eigenvalue weighted by atomic mass is 19.4. The molecule has 0 atom stereocenters. The Labute approximate surface area is 133 Å². The van der Waals surface area contributed by atoms with Crippen molar-refractivity contribution in [1.82, 2.24) is 4.90 Å². The van der Waals surface area contributed by atoms with Gasteiger partial charge in [0.15, 0.2) is 5.96 Å². The van der Waals surface area contributed by atoms with Gasteiger partial charge in [0.05, 0.1) is 24.8 Å². The zero-order chi connectivity index (χ0) is 16.4. The summed E-state index contributed by atoms with van der Waals surface area (Å²) in [4.78, 5) is 6.48. The first kappa shape index (κ1) is 16.1. The van der Waals surface area contributed by atoms with Crippen molar-refractivity contribution in [2.45, 2.75) is 31.0 Å². The van der Waals surface area contributed by atoms with Crippen molar-refractivity contribution in [3.63, 3.8) is 0 Å². The van der Waals surface area contributed by atoms with Crippen LogP contribution in [0.2, 0.25) is 0 Å². The summed E-state index contributed by atoms with van der Waals surface area (Å²) in [5.41, 5.74) is 6.14. The standard InChI is InChI=1S/C16H20F3N3O/c17-16(18,19)13-3-1-2-11(8-13)12-9-14(10-12)21-15(20)22-4-6-23-7-5-22/h1-3,8,12,14H,4-7,9-10H2,(H2,20,21). The minimum Gasteiger partial charge on any atom is -0.378 e. The van der Waals surface area contributed by atoms with Gasteiger partial charge in [-0.2, -0.15) is 13.2 Å². The second-order valence-electron chi connectivity index (χ2n) is 6.03. The molecule has 0 radical (unpaired) electrons. The molecule has 1 saturated heterocycles. The molecule has 7 heteroatoms.